The van der Waals surface area contributed by atoms with Gasteiger partial charge in [0.15, 0.2) is 0 Å². The zero-order valence-electron chi connectivity index (χ0n) is 8.57. The maximum absolute atomic E-state index is 11.3. The molecule has 0 aromatic carbocycles. The van der Waals surface area contributed by atoms with E-state index < -0.39 is 0 Å². The molecule has 78 valence electrons. The van der Waals surface area contributed by atoms with Crippen LogP contribution in [0.2, 0.25) is 0 Å². The topological polar surface area (TPSA) is 17.1 Å². The fourth-order valence-electron chi connectivity index (χ4n) is 0.925. The second-order valence-electron chi connectivity index (χ2n) is 2.98. The molecule has 1 aromatic rings. The van der Waals surface area contributed by atoms with Crippen molar-refractivity contribution in [2.24, 2.45) is 0 Å². The highest BCUT2D eigenvalue weighted by Gasteiger charge is 2.12. The predicted octanol–water partition coefficient (Wildman–Crippen LogP) is 4.16. The van der Waals surface area contributed by atoms with Crippen molar-refractivity contribution in [3.63, 3.8) is 0 Å². The number of rotatable bonds is 5. The maximum atomic E-state index is 11.3. The van der Waals surface area contributed by atoms with E-state index in [1.54, 1.807) is 32.9 Å². The highest BCUT2D eigenvalue weighted by atomic mass is 33.1. The van der Waals surface area contributed by atoms with Gasteiger partial charge in [0.2, 0.25) is 0 Å². The van der Waals surface area contributed by atoms with Crippen LogP contribution in [0.5, 0.6) is 0 Å². The molecule has 0 amide bonds. The first-order chi connectivity index (χ1) is 6.65. The van der Waals surface area contributed by atoms with Gasteiger partial charge in [-0.1, -0.05) is 28.5 Å². The highest BCUT2D eigenvalue weighted by Crippen LogP contribution is 2.38. The molecule has 0 saturated carbocycles. The van der Waals surface area contributed by atoms with Gasteiger partial charge < -0.3 is 0 Å². The molecule has 0 spiro atoms. The molecule has 1 nitrogen and oxygen atoms in total. The van der Waals surface area contributed by atoms with E-state index in [4.69, 9.17) is 0 Å². The highest BCUT2D eigenvalue weighted by molar-refractivity contribution is 8.77. The van der Waals surface area contributed by atoms with Crippen LogP contribution in [0.25, 0.3) is 0 Å². The third-order valence-electron chi connectivity index (χ3n) is 1.90. The lowest BCUT2D eigenvalue weighted by atomic mass is 10.2. The molecule has 0 N–H and O–H groups in total. The van der Waals surface area contributed by atoms with E-state index in [1.807, 2.05) is 13.8 Å². The first-order valence-corrected chi connectivity index (χ1v) is 7.64. The minimum absolute atomic E-state index is 0.101. The van der Waals surface area contributed by atoms with Crippen molar-refractivity contribution in [2.75, 3.05) is 0 Å². The first kappa shape index (κ1) is 12.1. The van der Waals surface area contributed by atoms with Crippen molar-refractivity contribution >= 4 is 38.7 Å². The van der Waals surface area contributed by atoms with Gasteiger partial charge in [-0.3, -0.25) is 4.79 Å². The Morgan fingerprint density at radius 2 is 2.36 bits per heavy atom. The number of carbonyl (C=O) groups excluding carboxylic acids is 1. The summed E-state index contributed by atoms with van der Waals surface area (Å²) in [5, 5.41) is 2.19. The van der Waals surface area contributed by atoms with E-state index in [1.165, 1.54) is 9.77 Å². The van der Waals surface area contributed by atoms with Crippen LogP contribution < -0.4 is 0 Å². The molecule has 0 bridgehead atoms. The quantitative estimate of drug-likeness (QED) is 0.726. The fourth-order valence-corrected chi connectivity index (χ4v) is 4.40. The minimum Gasteiger partial charge on any atom is -0.298 e. The van der Waals surface area contributed by atoms with Crippen LogP contribution in [0.4, 0.5) is 0 Å². The molecule has 1 unspecified atom stereocenters. The van der Waals surface area contributed by atoms with Gasteiger partial charge in [-0.15, -0.1) is 11.3 Å². The predicted molar refractivity (Wildman–Crippen MR) is 67.3 cm³/mol. The Balaban J connectivity index is 2.41. The molecular formula is C10H14OS3. The Morgan fingerprint density at radius 3 is 2.86 bits per heavy atom. The standard InChI is InChI=1S/C10H14OS3/c1-4-9(11)7(2)13-14-10-5-6-12-8(10)3/h5-7H,4H2,1-3H3. The Hall–Kier alpha value is 0.0700. The number of ketones is 1. The lowest BCUT2D eigenvalue weighted by Gasteiger charge is -2.06. The second-order valence-corrected chi connectivity index (χ2v) is 6.69. The Labute approximate surface area is 97.1 Å². The third kappa shape index (κ3) is 3.33. The third-order valence-corrected chi connectivity index (χ3v) is 5.83. The summed E-state index contributed by atoms with van der Waals surface area (Å²) in [6.45, 7) is 6.00. The van der Waals surface area contributed by atoms with E-state index in [0.29, 0.717) is 12.2 Å². The van der Waals surface area contributed by atoms with E-state index in [0.717, 1.165) is 0 Å². The molecule has 0 aliphatic heterocycles. The lowest BCUT2D eigenvalue weighted by Crippen LogP contribution is -2.09. The van der Waals surface area contributed by atoms with Crippen molar-refractivity contribution in [1.82, 2.24) is 0 Å². The van der Waals surface area contributed by atoms with Crippen molar-refractivity contribution < 1.29 is 4.79 Å². The molecule has 0 fully saturated rings. The van der Waals surface area contributed by atoms with Gasteiger partial charge in [0.25, 0.3) is 0 Å². The number of aryl methyl sites for hydroxylation is 1. The largest absolute Gasteiger partial charge is 0.298 e. The van der Waals surface area contributed by atoms with Gasteiger partial charge in [-0.05, 0) is 25.3 Å². The zero-order chi connectivity index (χ0) is 10.6. The number of thiophene rings is 1. The molecule has 1 rings (SSSR count). The van der Waals surface area contributed by atoms with Gasteiger partial charge in [-0.2, -0.15) is 0 Å². The second kappa shape index (κ2) is 5.83. The fraction of sp³-hybridized carbons (Fsp3) is 0.500. The molecule has 1 atom stereocenters. The van der Waals surface area contributed by atoms with Gasteiger partial charge in [0, 0.05) is 16.2 Å². The van der Waals surface area contributed by atoms with Crippen LogP contribution in [0.1, 0.15) is 25.1 Å². The molecule has 0 aliphatic carbocycles. The first-order valence-electron chi connectivity index (χ1n) is 4.55. The summed E-state index contributed by atoms with van der Waals surface area (Å²) in [5.41, 5.74) is 0. The van der Waals surface area contributed by atoms with Crippen LogP contribution in [-0.4, -0.2) is 11.0 Å². The van der Waals surface area contributed by atoms with E-state index in [2.05, 4.69) is 18.4 Å². The average Bonchev–Trinajstić information content (AvgIpc) is 2.59. The minimum atomic E-state index is 0.101. The van der Waals surface area contributed by atoms with Crippen LogP contribution in [0.15, 0.2) is 16.3 Å². The number of Topliss-reactive ketones (excluding diaryl/α,β-unsaturated/α-hetero) is 1. The van der Waals surface area contributed by atoms with Crippen LogP contribution in [-0.2, 0) is 4.79 Å². The van der Waals surface area contributed by atoms with E-state index in [-0.39, 0.29) is 5.25 Å². The van der Waals surface area contributed by atoms with Gasteiger partial charge in [-0.25, -0.2) is 0 Å². The van der Waals surface area contributed by atoms with Gasteiger partial charge >= 0.3 is 0 Å². The molecule has 0 saturated heterocycles. The summed E-state index contributed by atoms with van der Waals surface area (Å²) in [7, 11) is 3.37. The molecule has 0 aliphatic rings. The number of carbonyl (C=O) groups is 1. The number of hydrogen-bond donors (Lipinski definition) is 0. The van der Waals surface area contributed by atoms with Crippen LogP contribution in [0, 0.1) is 6.92 Å². The van der Waals surface area contributed by atoms with Gasteiger partial charge in [0.1, 0.15) is 5.78 Å². The van der Waals surface area contributed by atoms with Gasteiger partial charge in [0.05, 0.1) is 5.25 Å². The molecule has 4 heteroatoms. The Bertz CT molecular complexity index is 306. The summed E-state index contributed by atoms with van der Waals surface area (Å²) in [6.07, 6.45) is 0.636. The van der Waals surface area contributed by atoms with Crippen LogP contribution >= 0.6 is 32.9 Å². The van der Waals surface area contributed by atoms with E-state index in [9.17, 15) is 4.79 Å². The van der Waals surface area contributed by atoms with Crippen molar-refractivity contribution in [1.29, 1.82) is 0 Å². The molecule has 1 heterocycles. The monoisotopic (exact) mass is 246 g/mol. The molecule has 0 radical (unpaired) electrons. The molecule has 1 aromatic heterocycles. The Kier molecular flexibility index (Phi) is 5.06. The normalized spacial score (nSPS) is 12.8. The SMILES string of the molecule is CCC(=O)C(C)SSc1ccsc1C. The summed E-state index contributed by atoms with van der Waals surface area (Å²) < 4.78 is 0. The average molecular weight is 246 g/mol. The Morgan fingerprint density at radius 1 is 1.64 bits per heavy atom. The lowest BCUT2D eigenvalue weighted by molar-refractivity contribution is -0.117. The smallest absolute Gasteiger partial charge is 0.146 e. The van der Waals surface area contributed by atoms with Crippen molar-refractivity contribution in [3.8, 4) is 0 Å². The molecular weight excluding hydrogens is 232 g/mol. The van der Waals surface area contributed by atoms with Crippen molar-refractivity contribution in [3.05, 3.63) is 16.3 Å². The van der Waals surface area contributed by atoms with Crippen LogP contribution in [0.3, 0.4) is 0 Å². The summed E-state index contributed by atoms with van der Waals surface area (Å²) >= 11 is 1.75. The summed E-state index contributed by atoms with van der Waals surface area (Å²) in [4.78, 5) is 13.9. The number of hydrogen-bond acceptors (Lipinski definition) is 4. The molecule has 14 heavy (non-hydrogen) atoms. The maximum Gasteiger partial charge on any atom is 0.146 e. The van der Waals surface area contributed by atoms with Crippen molar-refractivity contribution in [2.45, 2.75) is 37.3 Å². The summed E-state index contributed by atoms with van der Waals surface area (Å²) in [6, 6.07) is 2.11. The zero-order valence-corrected chi connectivity index (χ0v) is 11.0. The van der Waals surface area contributed by atoms with E-state index >= 15 is 0 Å². The summed E-state index contributed by atoms with van der Waals surface area (Å²) in [5.74, 6) is 0.329.